The highest BCUT2D eigenvalue weighted by Crippen LogP contribution is 2.29. The van der Waals surface area contributed by atoms with Crippen LogP contribution in [-0.4, -0.2) is 9.78 Å². The number of aryl methyl sites for hydroxylation is 1. The van der Waals surface area contributed by atoms with Crippen molar-refractivity contribution in [1.29, 1.82) is 15.8 Å². The average Bonchev–Trinajstić information content (AvgIpc) is 2.97. The molecule has 0 bridgehead atoms. The summed E-state index contributed by atoms with van der Waals surface area (Å²) in [6, 6.07) is 11.8. The third-order valence-corrected chi connectivity index (χ3v) is 3.14. The lowest BCUT2D eigenvalue weighted by Gasteiger charge is -2.08. The number of nitrogens with one attached hydrogen (secondary N) is 1. The van der Waals surface area contributed by atoms with Crippen molar-refractivity contribution < 1.29 is 13.2 Å². The SMILES string of the molecule is Cc1cc(C(F)(F)F)nn1-c1ccc(NC(C#N)=C(C#N)C#N)cc1. The first kappa shape index (κ1) is 17.6. The molecule has 0 saturated heterocycles. The van der Waals surface area contributed by atoms with E-state index in [2.05, 4.69) is 10.4 Å². The molecule has 0 spiro atoms. The minimum atomic E-state index is -4.53. The van der Waals surface area contributed by atoms with Crippen LogP contribution in [0.2, 0.25) is 0 Å². The van der Waals surface area contributed by atoms with Crippen LogP contribution >= 0.6 is 0 Å². The Morgan fingerprint density at radius 3 is 2.12 bits per heavy atom. The lowest BCUT2D eigenvalue weighted by molar-refractivity contribution is -0.141. The van der Waals surface area contributed by atoms with Crippen LogP contribution in [0.1, 0.15) is 11.4 Å². The highest BCUT2D eigenvalue weighted by molar-refractivity contribution is 5.59. The minimum Gasteiger partial charge on any atom is -0.345 e. The zero-order valence-electron chi connectivity index (χ0n) is 12.8. The second-order valence-electron chi connectivity index (χ2n) is 4.84. The van der Waals surface area contributed by atoms with Crippen LogP contribution in [0.25, 0.3) is 5.69 Å². The maximum absolute atomic E-state index is 12.7. The highest BCUT2D eigenvalue weighted by Gasteiger charge is 2.34. The topological polar surface area (TPSA) is 101 Å². The number of nitriles is 3. The molecule has 6 nitrogen and oxygen atoms in total. The molecule has 1 N–H and O–H groups in total. The minimum absolute atomic E-state index is 0.215. The molecule has 0 fully saturated rings. The Balaban J connectivity index is 2.32. The second-order valence-corrected chi connectivity index (χ2v) is 4.84. The van der Waals surface area contributed by atoms with E-state index in [-0.39, 0.29) is 11.3 Å². The van der Waals surface area contributed by atoms with Crippen LogP contribution in [0.3, 0.4) is 0 Å². The second kappa shape index (κ2) is 6.77. The first-order valence-electron chi connectivity index (χ1n) is 6.76. The van der Waals surface area contributed by atoms with E-state index >= 15 is 0 Å². The van der Waals surface area contributed by atoms with Gasteiger partial charge in [-0.25, -0.2) is 4.68 Å². The van der Waals surface area contributed by atoms with Gasteiger partial charge in [0.05, 0.1) is 5.69 Å². The van der Waals surface area contributed by atoms with Crippen molar-refractivity contribution in [3.8, 4) is 23.9 Å². The number of allylic oxidation sites excluding steroid dienone is 2. The van der Waals surface area contributed by atoms with Gasteiger partial charge in [0.2, 0.25) is 0 Å². The average molecular weight is 342 g/mol. The molecule has 2 rings (SSSR count). The van der Waals surface area contributed by atoms with Crippen LogP contribution < -0.4 is 5.32 Å². The van der Waals surface area contributed by atoms with Crippen molar-refractivity contribution in [2.24, 2.45) is 0 Å². The van der Waals surface area contributed by atoms with Gasteiger partial charge in [-0.2, -0.15) is 34.1 Å². The zero-order valence-corrected chi connectivity index (χ0v) is 12.8. The van der Waals surface area contributed by atoms with Gasteiger partial charge in [0, 0.05) is 11.4 Å². The Hall–Kier alpha value is -3.77. The molecule has 0 atom stereocenters. The van der Waals surface area contributed by atoms with Gasteiger partial charge in [0.15, 0.2) is 11.3 Å². The number of anilines is 1. The molecule has 0 aliphatic rings. The van der Waals surface area contributed by atoms with Gasteiger partial charge < -0.3 is 5.32 Å². The number of rotatable bonds is 3. The molecule has 25 heavy (non-hydrogen) atoms. The molecule has 0 aliphatic heterocycles. The number of nitrogens with zero attached hydrogens (tertiary/aromatic N) is 5. The van der Waals surface area contributed by atoms with Crippen LogP contribution in [-0.2, 0) is 6.18 Å². The van der Waals surface area contributed by atoms with Crippen LogP contribution in [0.5, 0.6) is 0 Å². The Bertz CT molecular complexity index is 930. The summed E-state index contributed by atoms with van der Waals surface area (Å²) < 4.78 is 39.3. The Morgan fingerprint density at radius 2 is 1.68 bits per heavy atom. The number of hydrogen-bond donors (Lipinski definition) is 1. The number of aromatic nitrogens is 2. The molecular formula is C16H9F3N6. The maximum atomic E-state index is 12.7. The number of hydrogen-bond acceptors (Lipinski definition) is 5. The molecule has 2 aromatic rings. The fourth-order valence-corrected chi connectivity index (χ4v) is 1.99. The molecule has 9 heteroatoms. The van der Waals surface area contributed by atoms with E-state index in [0.29, 0.717) is 17.1 Å². The van der Waals surface area contributed by atoms with Crippen LogP contribution in [0.4, 0.5) is 18.9 Å². The van der Waals surface area contributed by atoms with E-state index in [4.69, 9.17) is 15.8 Å². The third kappa shape index (κ3) is 3.77. The summed E-state index contributed by atoms with van der Waals surface area (Å²) in [4.78, 5) is 0. The fraction of sp³-hybridized carbons (Fsp3) is 0.125. The monoisotopic (exact) mass is 342 g/mol. The van der Waals surface area contributed by atoms with Crippen molar-refractivity contribution in [1.82, 2.24) is 9.78 Å². The summed E-state index contributed by atoms with van der Waals surface area (Å²) in [6.07, 6.45) is -4.53. The summed E-state index contributed by atoms with van der Waals surface area (Å²) in [7, 11) is 0. The summed E-state index contributed by atoms with van der Waals surface area (Å²) in [6.45, 7) is 1.50. The Morgan fingerprint density at radius 1 is 1.08 bits per heavy atom. The van der Waals surface area contributed by atoms with Gasteiger partial charge in [-0.1, -0.05) is 0 Å². The predicted octanol–water partition coefficient (Wildman–Crippen LogP) is 3.44. The standard InChI is InChI=1S/C16H9F3N6/c1-10-6-15(16(17,18)19)24-25(10)13-4-2-12(3-5-13)23-14(9-22)11(7-20)8-21/h2-6,23H,1H3. The van der Waals surface area contributed by atoms with E-state index in [1.165, 1.54) is 31.2 Å². The summed E-state index contributed by atoms with van der Waals surface area (Å²) >= 11 is 0. The molecule has 124 valence electrons. The lowest BCUT2D eigenvalue weighted by Crippen LogP contribution is -2.07. The fourth-order valence-electron chi connectivity index (χ4n) is 1.99. The summed E-state index contributed by atoms with van der Waals surface area (Å²) in [5.74, 6) is 0. The van der Waals surface area contributed by atoms with Gasteiger partial charge in [0.25, 0.3) is 0 Å². The van der Waals surface area contributed by atoms with E-state index < -0.39 is 11.9 Å². The summed E-state index contributed by atoms with van der Waals surface area (Å²) in [5, 5.41) is 32.7. The van der Waals surface area contributed by atoms with E-state index in [0.717, 1.165) is 10.7 Å². The van der Waals surface area contributed by atoms with Crippen molar-refractivity contribution >= 4 is 5.69 Å². The third-order valence-electron chi connectivity index (χ3n) is 3.14. The van der Waals surface area contributed by atoms with E-state index in [9.17, 15) is 13.2 Å². The number of alkyl halides is 3. The molecule has 0 saturated carbocycles. The lowest BCUT2D eigenvalue weighted by atomic mass is 10.2. The molecule has 1 aromatic heterocycles. The summed E-state index contributed by atoms with van der Waals surface area (Å²) in [5.41, 5.74) is -0.487. The van der Waals surface area contributed by atoms with Gasteiger partial charge >= 0.3 is 6.18 Å². The quantitative estimate of drug-likeness (QED) is 0.861. The maximum Gasteiger partial charge on any atom is 0.435 e. The molecule has 0 aliphatic carbocycles. The highest BCUT2D eigenvalue weighted by atomic mass is 19.4. The van der Waals surface area contributed by atoms with Crippen molar-refractivity contribution in [2.75, 3.05) is 5.32 Å². The molecular weight excluding hydrogens is 333 g/mol. The Kier molecular flexibility index (Phi) is 4.76. The van der Waals surface area contributed by atoms with E-state index in [1.807, 2.05) is 0 Å². The molecule has 0 amide bonds. The van der Waals surface area contributed by atoms with Gasteiger partial charge in [-0.05, 0) is 37.3 Å². The molecule has 1 heterocycles. The van der Waals surface area contributed by atoms with Gasteiger partial charge in [0.1, 0.15) is 23.9 Å². The normalized spacial score (nSPS) is 10.3. The van der Waals surface area contributed by atoms with Crippen molar-refractivity contribution in [2.45, 2.75) is 13.1 Å². The molecule has 1 aromatic carbocycles. The first-order chi connectivity index (χ1) is 11.8. The largest absolute Gasteiger partial charge is 0.435 e. The van der Waals surface area contributed by atoms with Crippen molar-refractivity contribution in [3.63, 3.8) is 0 Å². The molecule has 0 radical (unpaired) electrons. The molecule has 0 unspecified atom stereocenters. The number of halogens is 3. The van der Waals surface area contributed by atoms with Gasteiger partial charge in [-0.15, -0.1) is 0 Å². The smallest absolute Gasteiger partial charge is 0.345 e. The predicted molar refractivity (Wildman–Crippen MR) is 80.8 cm³/mol. The number of benzene rings is 1. The van der Waals surface area contributed by atoms with E-state index in [1.54, 1.807) is 18.2 Å². The van der Waals surface area contributed by atoms with Gasteiger partial charge in [-0.3, -0.25) is 0 Å². The first-order valence-corrected chi connectivity index (χ1v) is 6.76. The Labute approximate surface area is 140 Å². The van der Waals surface area contributed by atoms with Crippen LogP contribution in [0.15, 0.2) is 41.6 Å². The zero-order chi connectivity index (χ0) is 18.6. The van der Waals surface area contributed by atoms with Crippen molar-refractivity contribution in [3.05, 3.63) is 53.0 Å². The van der Waals surface area contributed by atoms with Crippen LogP contribution in [0, 0.1) is 40.9 Å².